The molecule has 0 heterocycles. The number of ether oxygens (including phenoxy) is 4. The van der Waals surface area contributed by atoms with Gasteiger partial charge in [0.25, 0.3) is 0 Å². The van der Waals surface area contributed by atoms with E-state index >= 15 is 0 Å². The highest BCUT2D eigenvalue weighted by Gasteiger charge is 2.30. The van der Waals surface area contributed by atoms with Crippen molar-refractivity contribution < 1.29 is 45.4 Å². The Kier molecular flexibility index (Phi) is 43.3. The normalized spacial score (nSPS) is 12.4. The van der Waals surface area contributed by atoms with Gasteiger partial charge in [-0.25, -0.2) is 0 Å². The quantitative estimate of drug-likeness (QED) is 0.0267. The number of halogens is 1. The molecule has 0 N–H and O–H groups in total. The maximum Gasteiger partial charge on any atom is 0.306 e. The Morgan fingerprint density at radius 3 is 1.26 bits per heavy atom. The fourth-order valence-electron chi connectivity index (χ4n) is 6.72. The minimum Gasteiger partial charge on any atom is -1.00 e. The monoisotopic (exact) mass is 786 g/mol. The van der Waals surface area contributed by atoms with E-state index in [1.807, 2.05) is 0 Å². The van der Waals surface area contributed by atoms with Crippen LogP contribution in [0, 0.1) is 0 Å². The first kappa shape index (κ1) is 54.7. The van der Waals surface area contributed by atoms with Crippen LogP contribution in [0.3, 0.4) is 0 Å². The van der Waals surface area contributed by atoms with Crippen LogP contribution in [-0.4, -0.2) is 83.2 Å². The molecule has 0 saturated heterocycles. The van der Waals surface area contributed by atoms with E-state index in [1.54, 1.807) is 14.2 Å². The molecular weight excluding hydrogens is 698 g/mol. The molecule has 0 aliphatic heterocycles. The number of quaternary nitrogens is 1. The number of methoxy groups -OCH3 is 2. The van der Waals surface area contributed by atoms with E-state index in [0.29, 0.717) is 37.1 Å². The molecule has 320 valence electrons. The molecule has 8 heteroatoms. The van der Waals surface area contributed by atoms with Crippen LogP contribution in [0.25, 0.3) is 0 Å². The molecule has 0 aromatic carbocycles. The number of esters is 2. The number of hydrogen-bond acceptors (Lipinski definition) is 6. The maximum atomic E-state index is 12.9. The second-order valence-corrected chi connectivity index (χ2v) is 15.7. The Morgan fingerprint density at radius 1 is 0.519 bits per heavy atom. The molecule has 0 bridgehead atoms. The average Bonchev–Trinajstić information content (AvgIpc) is 3.15. The number of carbonyl (C=O) groups excluding carboxylic acids is 2. The lowest BCUT2D eigenvalue weighted by Crippen LogP contribution is -3.00. The minimum absolute atomic E-state index is 0. The highest BCUT2D eigenvalue weighted by atomic mass is 35.5. The third-order valence-corrected chi connectivity index (χ3v) is 10.3. The summed E-state index contributed by atoms with van der Waals surface area (Å²) in [6.45, 7) is 7.86. The van der Waals surface area contributed by atoms with Gasteiger partial charge < -0.3 is 35.8 Å². The molecule has 0 spiro atoms. The first-order valence-corrected chi connectivity index (χ1v) is 22.4. The lowest BCUT2D eigenvalue weighted by molar-refractivity contribution is -0.912. The number of carbonyl (C=O) groups is 2. The van der Waals surface area contributed by atoms with Crippen LogP contribution in [0.5, 0.6) is 0 Å². The standard InChI is InChI=1S/C46H88NO6.ClH/c1-6-8-10-12-14-16-18-20-22-24-26-28-30-32-34-36-45(48)52-43-44(42-47(3,38-40-50-4)39-41-51-5)53-46(49)37-35-33-31-29-27-25-23-21-19-17-15-13-11-9-7-2;/h20-23,44H,6-19,24-43H2,1-5H3;1H/q+1;/p-1/b22-20+,23-21+;. The Balaban J connectivity index is 0. The average molecular weight is 787 g/mol. The van der Waals surface area contributed by atoms with Gasteiger partial charge >= 0.3 is 11.9 Å². The molecule has 0 radical (unpaired) electrons. The van der Waals surface area contributed by atoms with E-state index in [0.717, 1.165) is 64.5 Å². The summed E-state index contributed by atoms with van der Waals surface area (Å²) in [6.07, 6.45) is 41.5. The van der Waals surface area contributed by atoms with Gasteiger partial charge in [-0.15, -0.1) is 0 Å². The van der Waals surface area contributed by atoms with Crippen molar-refractivity contribution in [1.29, 1.82) is 0 Å². The number of rotatable bonds is 41. The summed E-state index contributed by atoms with van der Waals surface area (Å²) in [5.41, 5.74) is 0. The number of unbranched alkanes of at least 4 members (excludes halogenated alkanes) is 22. The molecule has 0 aliphatic carbocycles. The van der Waals surface area contributed by atoms with Gasteiger partial charge in [0, 0.05) is 27.1 Å². The highest BCUT2D eigenvalue weighted by Crippen LogP contribution is 2.15. The molecule has 7 nitrogen and oxygen atoms in total. The van der Waals surface area contributed by atoms with Crippen molar-refractivity contribution in [2.45, 2.75) is 200 Å². The number of allylic oxidation sites excluding steroid dienone is 4. The van der Waals surface area contributed by atoms with Crippen molar-refractivity contribution in [3.63, 3.8) is 0 Å². The molecule has 0 fully saturated rings. The summed E-state index contributed by atoms with van der Waals surface area (Å²) < 4.78 is 23.1. The van der Waals surface area contributed by atoms with E-state index in [-0.39, 0.29) is 31.0 Å². The zero-order chi connectivity index (χ0) is 38.9. The summed E-state index contributed by atoms with van der Waals surface area (Å²) in [5, 5.41) is 0. The smallest absolute Gasteiger partial charge is 0.306 e. The van der Waals surface area contributed by atoms with Gasteiger partial charge in [-0.05, 0) is 64.2 Å². The number of hydrogen-bond donors (Lipinski definition) is 0. The Bertz CT molecular complexity index is 858. The first-order chi connectivity index (χ1) is 25.9. The summed E-state index contributed by atoms with van der Waals surface area (Å²) in [4.78, 5) is 25.6. The van der Waals surface area contributed by atoms with Crippen LogP contribution >= 0.6 is 0 Å². The van der Waals surface area contributed by atoms with Crippen molar-refractivity contribution in [3.05, 3.63) is 24.3 Å². The van der Waals surface area contributed by atoms with Crippen molar-refractivity contribution in [2.75, 3.05) is 60.7 Å². The van der Waals surface area contributed by atoms with Gasteiger partial charge in [-0.1, -0.05) is 141 Å². The molecule has 1 atom stereocenters. The van der Waals surface area contributed by atoms with E-state index in [9.17, 15) is 9.59 Å². The second kappa shape index (κ2) is 42.7. The Labute approximate surface area is 341 Å². The fourth-order valence-corrected chi connectivity index (χ4v) is 6.72. The van der Waals surface area contributed by atoms with E-state index in [2.05, 4.69) is 45.2 Å². The van der Waals surface area contributed by atoms with Crippen molar-refractivity contribution in [1.82, 2.24) is 0 Å². The number of likely N-dealkylation sites (N-methyl/N-ethyl adjacent to an activating group) is 1. The van der Waals surface area contributed by atoms with Crippen molar-refractivity contribution >= 4 is 11.9 Å². The van der Waals surface area contributed by atoms with Crippen LogP contribution in [0.15, 0.2) is 24.3 Å². The zero-order valence-corrected chi connectivity index (χ0v) is 37.0. The summed E-state index contributed by atoms with van der Waals surface area (Å²) in [7, 11) is 5.52. The van der Waals surface area contributed by atoms with Crippen molar-refractivity contribution in [2.24, 2.45) is 0 Å². The van der Waals surface area contributed by atoms with Gasteiger partial charge in [0.15, 0.2) is 6.10 Å². The van der Waals surface area contributed by atoms with Gasteiger partial charge in [-0.3, -0.25) is 9.59 Å². The van der Waals surface area contributed by atoms with Crippen LogP contribution in [0.1, 0.15) is 194 Å². The van der Waals surface area contributed by atoms with E-state index < -0.39 is 6.10 Å². The molecule has 0 aliphatic rings. The van der Waals surface area contributed by atoms with Gasteiger partial charge in [-0.2, -0.15) is 0 Å². The van der Waals surface area contributed by atoms with Crippen LogP contribution in [0.4, 0.5) is 0 Å². The molecule has 54 heavy (non-hydrogen) atoms. The molecule has 1 unspecified atom stereocenters. The van der Waals surface area contributed by atoms with Crippen LogP contribution in [0.2, 0.25) is 0 Å². The van der Waals surface area contributed by atoms with E-state index in [1.165, 1.54) is 116 Å². The van der Waals surface area contributed by atoms with Gasteiger partial charge in [0.2, 0.25) is 0 Å². The SMILES string of the molecule is CCCCCCCC/C=C/CCCCCCCC(=O)OCC(C[N+](C)(CCOC)CCOC)OC(=O)CCCCCCC/C=C/CCCCCCCC.[Cl-]. The fraction of sp³-hybridized carbons (Fsp3) is 0.870. The van der Waals surface area contributed by atoms with E-state index in [4.69, 9.17) is 18.9 Å². The predicted octanol–water partition coefficient (Wildman–Crippen LogP) is 9.26. The van der Waals surface area contributed by atoms with Crippen LogP contribution in [-0.2, 0) is 28.5 Å². The summed E-state index contributed by atoms with van der Waals surface area (Å²) in [5.74, 6) is -0.408. The molecule has 0 saturated carbocycles. The molecule has 0 rings (SSSR count). The summed E-state index contributed by atoms with van der Waals surface area (Å²) in [6, 6.07) is 0. The Hall–Kier alpha value is -1.41. The Morgan fingerprint density at radius 2 is 0.870 bits per heavy atom. The topological polar surface area (TPSA) is 71.1 Å². The third-order valence-electron chi connectivity index (χ3n) is 10.3. The highest BCUT2D eigenvalue weighted by molar-refractivity contribution is 5.70. The third kappa shape index (κ3) is 38.8. The van der Waals surface area contributed by atoms with Crippen molar-refractivity contribution in [3.8, 4) is 0 Å². The second-order valence-electron chi connectivity index (χ2n) is 15.7. The van der Waals surface area contributed by atoms with Crippen LogP contribution < -0.4 is 12.4 Å². The van der Waals surface area contributed by atoms with Gasteiger partial charge in [0.1, 0.15) is 26.2 Å². The maximum absolute atomic E-state index is 12.9. The summed E-state index contributed by atoms with van der Waals surface area (Å²) >= 11 is 0. The lowest BCUT2D eigenvalue weighted by atomic mass is 10.1. The van der Waals surface area contributed by atoms with Gasteiger partial charge in [0.05, 0.1) is 20.3 Å². The largest absolute Gasteiger partial charge is 1.00 e. The first-order valence-electron chi connectivity index (χ1n) is 22.4. The molecular formula is C46H88ClNO6. The molecule has 0 aromatic heterocycles. The molecule has 0 amide bonds. The lowest BCUT2D eigenvalue weighted by Gasteiger charge is -2.36. The minimum atomic E-state index is -0.498. The predicted molar refractivity (Wildman–Crippen MR) is 224 cm³/mol. The number of nitrogens with zero attached hydrogens (tertiary/aromatic N) is 1. The molecule has 0 aromatic rings. The zero-order valence-electron chi connectivity index (χ0n) is 36.2.